The predicted octanol–water partition coefficient (Wildman–Crippen LogP) is 3.58. The van der Waals surface area contributed by atoms with Crippen molar-refractivity contribution >= 4 is 12.3 Å². The van der Waals surface area contributed by atoms with Crippen molar-refractivity contribution in [2.24, 2.45) is 0 Å². The van der Waals surface area contributed by atoms with Crippen molar-refractivity contribution in [1.29, 1.82) is 0 Å². The Hall–Kier alpha value is -1.64. The molecule has 102 valence electrons. The van der Waals surface area contributed by atoms with Crippen molar-refractivity contribution in [3.63, 3.8) is 0 Å². The van der Waals surface area contributed by atoms with E-state index >= 15 is 0 Å². The van der Waals surface area contributed by atoms with Gasteiger partial charge in [-0.1, -0.05) is 58.0 Å². The Morgan fingerprint density at radius 3 is 2.06 bits per heavy atom. The third-order valence-corrected chi connectivity index (χ3v) is 1.84. The minimum absolute atomic E-state index is 0.288. The second kappa shape index (κ2) is 13.4. The maximum absolute atomic E-state index is 11.3. The molecule has 0 heterocycles. The lowest BCUT2D eigenvalue weighted by Gasteiger charge is -2.08. The lowest BCUT2D eigenvalue weighted by Crippen LogP contribution is -2.16. The maximum atomic E-state index is 11.3. The van der Waals surface area contributed by atoms with Gasteiger partial charge < -0.3 is 9.53 Å². The van der Waals surface area contributed by atoms with E-state index in [0.717, 1.165) is 0 Å². The fourth-order valence-corrected chi connectivity index (χ4v) is 1.16. The first-order valence-electron chi connectivity index (χ1n) is 6.46. The number of rotatable bonds is 4. The van der Waals surface area contributed by atoms with Crippen LogP contribution < -0.4 is 0 Å². The quantitative estimate of drug-likeness (QED) is 0.467. The molecule has 0 fully saturated rings. The normalized spacial score (nSPS) is 9.83. The molecule has 0 aliphatic rings. The van der Waals surface area contributed by atoms with Crippen molar-refractivity contribution in [1.82, 2.24) is 0 Å². The third-order valence-electron chi connectivity index (χ3n) is 1.84. The van der Waals surface area contributed by atoms with Crippen LogP contribution in [-0.4, -0.2) is 18.9 Å². The molecule has 3 nitrogen and oxygen atoms in total. The molecule has 0 aromatic heterocycles. The average molecular weight is 252 g/mol. The third kappa shape index (κ3) is 6.84. The second-order valence-electron chi connectivity index (χ2n) is 2.78. The fraction of sp³-hybridized carbons (Fsp3) is 0.467. The van der Waals surface area contributed by atoms with E-state index < -0.39 is 11.9 Å². The number of benzene rings is 1. The number of aldehydes is 1. The van der Waals surface area contributed by atoms with Crippen LogP contribution in [0, 0.1) is 0 Å². The van der Waals surface area contributed by atoms with E-state index in [1.54, 1.807) is 31.2 Å². The van der Waals surface area contributed by atoms with Gasteiger partial charge in [0.15, 0.2) is 0 Å². The zero-order chi connectivity index (χ0) is 14.4. The Labute approximate surface area is 110 Å². The lowest BCUT2D eigenvalue weighted by molar-refractivity contribution is -0.146. The average Bonchev–Trinajstić information content (AvgIpc) is 2.45. The number of esters is 1. The van der Waals surface area contributed by atoms with Crippen molar-refractivity contribution in [3.05, 3.63) is 35.9 Å². The first-order valence-corrected chi connectivity index (χ1v) is 6.46. The Balaban J connectivity index is 0. The van der Waals surface area contributed by atoms with E-state index in [9.17, 15) is 9.59 Å². The van der Waals surface area contributed by atoms with Crippen LogP contribution in [-0.2, 0) is 14.3 Å². The summed E-state index contributed by atoms with van der Waals surface area (Å²) in [5.41, 5.74) is 0.668. The zero-order valence-corrected chi connectivity index (χ0v) is 12.0. The smallest absolute Gasteiger partial charge is 0.320 e. The summed E-state index contributed by atoms with van der Waals surface area (Å²) in [7, 11) is 0. The standard InChI is InChI=1S/C11H12O3.2C2H6/c1-2-14-11(13)10(8-12)9-6-4-3-5-7-9;2*1-2/h3-8,10H,2H2,1H3;2*1-2H3. The summed E-state index contributed by atoms with van der Waals surface area (Å²) in [6.07, 6.45) is 0.604. The van der Waals surface area contributed by atoms with E-state index in [2.05, 4.69) is 0 Å². The van der Waals surface area contributed by atoms with Gasteiger partial charge in [-0.25, -0.2) is 0 Å². The molecule has 0 saturated heterocycles. The molecule has 0 saturated carbocycles. The highest BCUT2D eigenvalue weighted by Crippen LogP contribution is 2.14. The Morgan fingerprint density at radius 2 is 1.67 bits per heavy atom. The molecule has 1 atom stereocenters. The monoisotopic (exact) mass is 252 g/mol. The highest BCUT2D eigenvalue weighted by molar-refractivity contribution is 5.94. The SMILES string of the molecule is CC.CC.CCOC(=O)C(C=O)c1ccccc1. The molecule has 0 aliphatic carbocycles. The molecular weight excluding hydrogens is 228 g/mol. The van der Waals surface area contributed by atoms with Crippen LogP contribution in [0.4, 0.5) is 0 Å². The van der Waals surface area contributed by atoms with E-state index in [1.807, 2.05) is 33.8 Å². The van der Waals surface area contributed by atoms with Gasteiger partial charge in [-0.3, -0.25) is 4.79 Å². The summed E-state index contributed by atoms with van der Waals surface area (Å²) >= 11 is 0. The summed E-state index contributed by atoms with van der Waals surface area (Å²) in [5, 5.41) is 0. The molecular formula is C15H24O3. The van der Waals surface area contributed by atoms with Crippen LogP contribution >= 0.6 is 0 Å². The second-order valence-corrected chi connectivity index (χ2v) is 2.78. The van der Waals surface area contributed by atoms with Crippen LogP contribution in [0.5, 0.6) is 0 Å². The number of carbonyl (C=O) groups is 2. The Morgan fingerprint density at radius 1 is 1.17 bits per heavy atom. The summed E-state index contributed by atoms with van der Waals surface area (Å²) in [6.45, 7) is 10.0. The Bertz CT molecular complexity index is 307. The number of hydrogen-bond acceptors (Lipinski definition) is 3. The topological polar surface area (TPSA) is 43.4 Å². The van der Waals surface area contributed by atoms with Crippen molar-refractivity contribution in [2.45, 2.75) is 40.5 Å². The summed E-state index contributed by atoms with van der Waals surface area (Å²) in [5.74, 6) is -1.29. The number of carbonyl (C=O) groups excluding carboxylic acids is 2. The molecule has 1 aromatic rings. The predicted molar refractivity (Wildman–Crippen MR) is 74.6 cm³/mol. The first-order chi connectivity index (χ1) is 8.79. The summed E-state index contributed by atoms with van der Waals surface area (Å²) in [4.78, 5) is 22.0. The van der Waals surface area contributed by atoms with Gasteiger partial charge in [0, 0.05) is 0 Å². The highest BCUT2D eigenvalue weighted by atomic mass is 16.5. The number of hydrogen-bond donors (Lipinski definition) is 0. The van der Waals surface area contributed by atoms with Gasteiger partial charge in [0.1, 0.15) is 12.2 Å². The highest BCUT2D eigenvalue weighted by Gasteiger charge is 2.20. The largest absolute Gasteiger partial charge is 0.465 e. The van der Waals surface area contributed by atoms with Crippen LogP contribution in [0.15, 0.2) is 30.3 Å². The molecule has 18 heavy (non-hydrogen) atoms. The van der Waals surface area contributed by atoms with Crippen LogP contribution in [0.1, 0.15) is 46.1 Å². The fourth-order valence-electron chi connectivity index (χ4n) is 1.16. The van der Waals surface area contributed by atoms with E-state index in [-0.39, 0.29) is 6.61 Å². The molecule has 0 bridgehead atoms. The van der Waals surface area contributed by atoms with Crippen LogP contribution in [0.2, 0.25) is 0 Å². The first kappa shape index (κ1) is 18.7. The zero-order valence-electron chi connectivity index (χ0n) is 12.0. The van der Waals surface area contributed by atoms with Crippen molar-refractivity contribution < 1.29 is 14.3 Å². The minimum atomic E-state index is -0.795. The summed E-state index contributed by atoms with van der Waals surface area (Å²) < 4.78 is 4.78. The molecule has 3 heteroatoms. The van der Waals surface area contributed by atoms with Gasteiger partial charge in [0.05, 0.1) is 6.61 Å². The number of ether oxygens (including phenoxy) is 1. The van der Waals surface area contributed by atoms with Gasteiger partial charge in [-0.05, 0) is 12.5 Å². The lowest BCUT2D eigenvalue weighted by atomic mass is 10.0. The summed E-state index contributed by atoms with van der Waals surface area (Å²) in [6, 6.07) is 8.86. The Kier molecular flexibility index (Phi) is 14.0. The van der Waals surface area contributed by atoms with Crippen LogP contribution in [0.3, 0.4) is 0 Å². The minimum Gasteiger partial charge on any atom is -0.465 e. The maximum Gasteiger partial charge on any atom is 0.320 e. The van der Waals surface area contributed by atoms with E-state index in [0.29, 0.717) is 11.8 Å². The van der Waals surface area contributed by atoms with Gasteiger partial charge in [-0.15, -0.1) is 0 Å². The van der Waals surface area contributed by atoms with Gasteiger partial charge >= 0.3 is 5.97 Å². The van der Waals surface area contributed by atoms with Crippen molar-refractivity contribution in [3.8, 4) is 0 Å². The molecule has 0 radical (unpaired) electrons. The van der Waals surface area contributed by atoms with Crippen LogP contribution in [0.25, 0.3) is 0 Å². The van der Waals surface area contributed by atoms with Gasteiger partial charge in [-0.2, -0.15) is 0 Å². The molecule has 0 aliphatic heterocycles. The molecule has 1 rings (SSSR count). The molecule has 0 N–H and O–H groups in total. The van der Waals surface area contributed by atoms with E-state index in [4.69, 9.17) is 4.74 Å². The van der Waals surface area contributed by atoms with Gasteiger partial charge in [0.25, 0.3) is 0 Å². The molecule has 0 spiro atoms. The van der Waals surface area contributed by atoms with E-state index in [1.165, 1.54) is 0 Å². The van der Waals surface area contributed by atoms with Crippen molar-refractivity contribution in [2.75, 3.05) is 6.61 Å². The molecule has 0 amide bonds. The molecule has 1 aromatic carbocycles. The molecule has 1 unspecified atom stereocenters. The van der Waals surface area contributed by atoms with Gasteiger partial charge in [0.2, 0.25) is 0 Å².